The number of hydrogen-bond donors (Lipinski definition) is 2. The molecule has 4 unspecified atom stereocenters. The molecule has 2 aromatic heterocycles. The van der Waals surface area contributed by atoms with Crippen molar-refractivity contribution in [1.29, 1.82) is 0 Å². The van der Waals surface area contributed by atoms with E-state index in [4.69, 9.17) is 4.74 Å². The molecule has 2 fully saturated rings. The normalized spacial score (nSPS) is 32.1. The monoisotopic (exact) mass is 354 g/mol. The van der Waals surface area contributed by atoms with Gasteiger partial charge in [-0.05, 0) is 50.6 Å². The van der Waals surface area contributed by atoms with Gasteiger partial charge in [-0.3, -0.25) is 0 Å². The van der Waals surface area contributed by atoms with Gasteiger partial charge in [0.2, 0.25) is 5.88 Å². The van der Waals surface area contributed by atoms with E-state index in [2.05, 4.69) is 34.0 Å². The van der Waals surface area contributed by atoms with Gasteiger partial charge in [0, 0.05) is 24.3 Å². The Morgan fingerprint density at radius 2 is 2.31 bits per heavy atom. The molecule has 2 saturated heterocycles. The van der Waals surface area contributed by atoms with E-state index in [1.807, 2.05) is 6.07 Å². The van der Waals surface area contributed by atoms with E-state index in [-0.39, 0.29) is 23.4 Å². The van der Waals surface area contributed by atoms with Crippen LogP contribution < -0.4 is 15.0 Å². The van der Waals surface area contributed by atoms with Crippen LogP contribution in [0.15, 0.2) is 12.3 Å². The topological polar surface area (TPSA) is 87.6 Å². The Labute approximate surface area is 151 Å². The maximum absolute atomic E-state index is 11.8. The van der Waals surface area contributed by atoms with E-state index >= 15 is 0 Å². The number of aromatic nitrogens is 2. The van der Waals surface area contributed by atoms with Crippen LogP contribution in [0.5, 0.6) is 5.88 Å². The average molecular weight is 354 g/mol. The Balaban J connectivity index is 1.82. The predicted octanol–water partition coefficient (Wildman–Crippen LogP) is 2.12. The van der Waals surface area contributed by atoms with Gasteiger partial charge in [0.1, 0.15) is 11.9 Å². The summed E-state index contributed by atoms with van der Waals surface area (Å²) >= 11 is 0. The smallest absolute Gasteiger partial charge is 0.354 e. The van der Waals surface area contributed by atoms with Gasteiger partial charge in [-0.15, -0.1) is 0 Å². The Hall–Kier alpha value is -2.41. The lowest BCUT2D eigenvalue weighted by molar-refractivity contribution is 0.0690. The summed E-state index contributed by atoms with van der Waals surface area (Å²) in [4.78, 5) is 23.1. The zero-order valence-corrected chi connectivity index (χ0v) is 15.1. The molecule has 2 aromatic rings. The van der Waals surface area contributed by atoms with Crippen molar-refractivity contribution >= 4 is 22.6 Å². The number of hydrogen-bond acceptors (Lipinski definition) is 6. The van der Waals surface area contributed by atoms with Crippen molar-refractivity contribution < 1.29 is 14.6 Å². The van der Waals surface area contributed by atoms with Crippen LogP contribution in [0.2, 0.25) is 0 Å². The maximum Gasteiger partial charge on any atom is 0.354 e. The van der Waals surface area contributed by atoms with Crippen molar-refractivity contribution in [2.75, 3.05) is 11.4 Å². The predicted molar refractivity (Wildman–Crippen MR) is 97.0 cm³/mol. The number of aryl methyl sites for hydroxylation is 1. The molecule has 7 nitrogen and oxygen atoms in total. The molecule has 26 heavy (non-hydrogen) atoms. The number of nitrogens with one attached hydrogen (secondary N) is 1. The largest absolute Gasteiger partial charge is 0.477 e. The summed E-state index contributed by atoms with van der Waals surface area (Å²) in [7, 11) is 0. The second kappa shape index (κ2) is 5.07. The molecule has 4 atom stereocenters. The van der Waals surface area contributed by atoms with E-state index in [1.54, 1.807) is 13.1 Å². The van der Waals surface area contributed by atoms with Crippen molar-refractivity contribution in [1.82, 2.24) is 15.3 Å². The highest BCUT2D eigenvalue weighted by Gasteiger charge is 2.51. The minimum Gasteiger partial charge on any atom is -0.477 e. The number of pyridine rings is 2. The molecular formula is C19H22N4O3. The number of anilines is 1. The van der Waals surface area contributed by atoms with Gasteiger partial charge in [-0.1, -0.05) is 0 Å². The van der Waals surface area contributed by atoms with E-state index in [1.165, 1.54) is 0 Å². The number of carboxylic acids is 1. The first-order valence-corrected chi connectivity index (χ1v) is 9.11. The molecule has 0 aliphatic carbocycles. The number of carboxylic acid groups (broad SMARTS) is 1. The summed E-state index contributed by atoms with van der Waals surface area (Å²) < 4.78 is 6.26. The molecule has 3 aliphatic rings. The zero-order valence-electron chi connectivity index (χ0n) is 15.1. The van der Waals surface area contributed by atoms with Crippen LogP contribution >= 0.6 is 0 Å². The van der Waals surface area contributed by atoms with Crippen molar-refractivity contribution in [2.24, 2.45) is 0 Å². The highest BCUT2D eigenvalue weighted by molar-refractivity contribution is 6.03. The van der Waals surface area contributed by atoms with Gasteiger partial charge < -0.3 is 20.1 Å². The number of aromatic carboxylic acids is 1. The number of carbonyl (C=O) groups is 1. The number of rotatable bonds is 1. The minimum absolute atomic E-state index is 0.00980. The Morgan fingerprint density at radius 1 is 1.50 bits per heavy atom. The maximum atomic E-state index is 11.8. The quantitative estimate of drug-likeness (QED) is 0.811. The minimum atomic E-state index is -1.00. The molecule has 3 aliphatic heterocycles. The third-order valence-corrected chi connectivity index (χ3v) is 6.20. The third-order valence-electron chi connectivity index (χ3n) is 6.20. The van der Waals surface area contributed by atoms with Gasteiger partial charge in [0.05, 0.1) is 11.4 Å². The molecule has 5 rings (SSSR count). The van der Waals surface area contributed by atoms with Gasteiger partial charge >= 0.3 is 5.97 Å². The van der Waals surface area contributed by atoms with Crippen molar-refractivity contribution in [3.8, 4) is 5.88 Å². The standard InChI is InChI=1S/C19H22N4O3/c1-9-11-5-7-20-17-13(11)16(21-14(9)18(24)25)23-8-19(3)6-4-12(22-19)15(23)10(2)26-17/h5,7,10,12,15,22H,4,6,8H2,1-3H3,(H,24,25). The number of fused-ring (bicyclic) bond motifs is 5. The van der Waals surface area contributed by atoms with Gasteiger partial charge in [-0.25, -0.2) is 14.8 Å². The molecule has 0 radical (unpaired) electrons. The van der Waals surface area contributed by atoms with E-state index < -0.39 is 5.97 Å². The van der Waals surface area contributed by atoms with Crippen LogP contribution in [0.4, 0.5) is 5.82 Å². The molecule has 0 amide bonds. The van der Waals surface area contributed by atoms with E-state index in [0.717, 1.165) is 30.2 Å². The van der Waals surface area contributed by atoms with Crippen LogP contribution in [0, 0.1) is 6.92 Å². The number of nitrogens with zero attached hydrogens (tertiary/aromatic N) is 3. The molecule has 2 bridgehead atoms. The van der Waals surface area contributed by atoms with Crippen LogP contribution in [-0.4, -0.2) is 51.3 Å². The second-order valence-corrected chi connectivity index (χ2v) is 8.04. The summed E-state index contributed by atoms with van der Waals surface area (Å²) in [5.74, 6) is 0.242. The third kappa shape index (κ3) is 2.00. The second-order valence-electron chi connectivity index (χ2n) is 8.04. The van der Waals surface area contributed by atoms with Crippen LogP contribution in [0.1, 0.15) is 42.7 Å². The summed E-state index contributed by atoms with van der Waals surface area (Å²) in [6.07, 6.45) is 3.78. The molecular weight excluding hydrogens is 332 g/mol. The summed E-state index contributed by atoms with van der Waals surface area (Å²) in [5.41, 5.74) is 0.767. The molecule has 5 heterocycles. The van der Waals surface area contributed by atoms with Crippen molar-refractivity contribution in [3.63, 3.8) is 0 Å². The first-order chi connectivity index (χ1) is 12.4. The fraction of sp³-hybridized carbons (Fsp3) is 0.526. The van der Waals surface area contributed by atoms with Crippen LogP contribution in [-0.2, 0) is 0 Å². The fourth-order valence-corrected chi connectivity index (χ4v) is 5.04. The van der Waals surface area contributed by atoms with Gasteiger partial charge in [0.15, 0.2) is 5.69 Å². The Kier molecular flexibility index (Phi) is 3.08. The van der Waals surface area contributed by atoms with Crippen LogP contribution in [0.25, 0.3) is 10.8 Å². The van der Waals surface area contributed by atoms with Crippen molar-refractivity contribution in [2.45, 2.75) is 57.3 Å². The fourth-order valence-electron chi connectivity index (χ4n) is 5.04. The van der Waals surface area contributed by atoms with Gasteiger partial charge in [0.25, 0.3) is 0 Å². The lowest BCUT2D eigenvalue weighted by atomic mass is 9.96. The first-order valence-electron chi connectivity index (χ1n) is 9.11. The van der Waals surface area contributed by atoms with Gasteiger partial charge in [-0.2, -0.15) is 0 Å². The lowest BCUT2D eigenvalue weighted by Gasteiger charge is -2.46. The Bertz CT molecular complexity index is 946. The molecule has 0 spiro atoms. The summed E-state index contributed by atoms with van der Waals surface area (Å²) in [5, 5.41) is 15.1. The Morgan fingerprint density at radius 3 is 3.08 bits per heavy atom. The van der Waals surface area contributed by atoms with Crippen molar-refractivity contribution in [3.05, 3.63) is 23.5 Å². The molecule has 0 aromatic carbocycles. The summed E-state index contributed by atoms with van der Waals surface area (Å²) in [6.45, 7) is 6.87. The lowest BCUT2D eigenvalue weighted by Crippen LogP contribution is -2.66. The molecule has 136 valence electrons. The number of piperazine rings is 1. The molecule has 7 heteroatoms. The van der Waals surface area contributed by atoms with E-state index in [0.29, 0.717) is 23.3 Å². The highest BCUT2D eigenvalue weighted by atomic mass is 16.5. The number of ether oxygens (including phenoxy) is 1. The average Bonchev–Trinajstić information content (AvgIpc) is 2.83. The first kappa shape index (κ1) is 15.8. The van der Waals surface area contributed by atoms with E-state index in [9.17, 15) is 9.90 Å². The SMILES string of the molecule is Cc1c(C(=O)O)nc2c3c(nccc13)OC(C)C1C3CCC(C)(CN21)N3. The summed E-state index contributed by atoms with van der Waals surface area (Å²) in [6, 6.07) is 2.25. The zero-order chi connectivity index (χ0) is 18.2. The molecule has 2 N–H and O–H groups in total. The highest BCUT2D eigenvalue weighted by Crippen LogP contribution is 2.44. The molecule has 0 saturated carbocycles. The van der Waals surface area contributed by atoms with Crippen LogP contribution in [0.3, 0.4) is 0 Å².